The van der Waals surface area contributed by atoms with Crippen molar-refractivity contribution in [1.82, 2.24) is 14.7 Å². The molecule has 1 amide bonds. The third kappa shape index (κ3) is 3.11. The summed E-state index contributed by atoms with van der Waals surface area (Å²) in [5, 5.41) is 4.36. The van der Waals surface area contributed by atoms with Gasteiger partial charge in [-0.05, 0) is 49.8 Å². The van der Waals surface area contributed by atoms with E-state index < -0.39 is 0 Å². The van der Waals surface area contributed by atoms with Gasteiger partial charge in [0.1, 0.15) is 5.69 Å². The van der Waals surface area contributed by atoms with Crippen LogP contribution in [0, 0.1) is 5.92 Å². The first kappa shape index (κ1) is 16.1. The summed E-state index contributed by atoms with van der Waals surface area (Å²) in [5.74, 6) is 0.588. The Hall–Kier alpha value is -2.43. The van der Waals surface area contributed by atoms with E-state index in [2.05, 4.69) is 5.10 Å². The van der Waals surface area contributed by atoms with Gasteiger partial charge in [0.05, 0.1) is 5.69 Å². The van der Waals surface area contributed by atoms with Gasteiger partial charge in [0.25, 0.3) is 11.5 Å². The molecule has 25 heavy (non-hydrogen) atoms. The number of nitrogens with zero attached hydrogens (tertiary/aromatic N) is 3. The average Bonchev–Trinajstić information content (AvgIpc) is 3.33. The van der Waals surface area contributed by atoms with Crippen molar-refractivity contribution in [3.63, 3.8) is 0 Å². The van der Waals surface area contributed by atoms with Gasteiger partial charge >= 0.3 is 0 Å². The summed E-state index contributed by atoms with van der Waals surface area (Å²) < 4.78 is 1.31. The van der Waals surface area contributed by atoms with E-state index in [-0.39, 0.29) is 11.5 Å². The zero-order chi connectivity index (χ0) is 17.2. The van der Waals surface area contributed by atoms with Gasteiger partial charge in [-0.15, -0.1) is 0 Å². The second-order valence-corrected chi connectivity index (χ2v) is 7.06. The second kappa shape index (κ2) is 6.82. The first-order valence-electron chi connectivity index (χ1n) is 9.21. The fraction of sp³-hybridized carbons (Fsp3) is 0.450. The maximum absolute atomic E-state index is 13.1. The first-order chi connectivity index (χ1) is 12.2. The largest absolute Gasteiger partial charge is 0.334 e. The van der Waals surface area contributed by atoms with Crippen molar-refractivity contribution in [2.45, 2.75) is 44.6 Å². The number of rotatable bonds is 3. The Bertz CT molecular complexity index is 809. The molecule has 2 fully saturated rings. The molecule has 1 saturated heterocycles. The number of amides is 1. The quantitative estimate of drug-likeness (QED) is 0.865. The molecule has 0 unspecified atom stereocenters. The lowest BCUT2D eigenvalue weighted by molar-refractivity contribution is 0.0681. The van der Waals surface area contributed by atoms with Gasteiger partial charge in [0, 0.05) is 18.7 Å². The fourth-order valence-electron chi connectivity index (χ4n) is 4.30. The zero-order valence-electron chi connectivity index (χ0n) is 14.3. The Morgan fingerprint density at radius 3 is 2.48 bits per heavy atom. The van der Waals surface area contributed by atoms with Crippen molar-refractivity contribution in [2.75, 3.05) is 6.54 Å². The van der Waals surface area contributed by atoms with Gasteiger partial charge in [-0.25, -0.2) is 0 Å². The molecule has 1 saturated carbocycles. The second-order valence-electron chi connectivity index (χ2n) is 7.06. The summed E-state index contributed by atoms with van der Waals surface area (Å²) in [5.41, 5.74) is 0.806. The van der Waals surface area contributed by atoms with Crippen LogP contribution in [0.3, 0.4) is 0 Å². The lowest BCUT2D eigenvalue weighted by Crippen LogP contribution is -2.40. The van der Waals surface area contributed by atoms with Gasteiger partial charge in [-0.1, -0.05) is 31.0 Å². The molecule has 4 rings (SSSR count). The molecule has 2 aliphatic rings. The molecule has 1 atom stereocenters. The molecule has 1 aromatic carbocycles. The zero-order valence-corrected chi connectivity index (χ0v) is 14.3. The van der Waals surface area contributed by atoms with Gasteiger partial charge in [0.2, 0.25) is 0 Å². The summed E-state index contributed by atoms with van der Waals surface area (Å²) in [6, 6.07) is 12.6. The SMILES string of the molecule is O=C(c1ccc(=O)n(-c2ccccc2)n1)N1CCC[C@@H]1C1CCCC1. The number of benzene rings is 1. The van der Waals surface area contributed by atoms with Crippen LogP contribution in [0.1, 0.15) is 49.0 Å². The highest BCUT2D eigenvalue weighted by molar-refractivity contribution is 5.92. The van der Waals surface area contributed by atoms with Gasteiger partial charge in [0.15, 0.2) is 0 Å². The standard InChI is InChI=1S/C20H23N3O2/c24-19-13-12-17(21-23(19)16-9-2-1-3-10-16)20(25)22-14-6-11-18(22)15-7-4-5-8-15/h1-3,9-10,12-13,15,18H,4-8,11,14H2/t18-/m1/s1. The molecule has 0 radical (unpaired) electrons. The van der Waals surface area contributed by atoms with Crippen LogP contribution in [-0.4, -0.2) is 33.2 Å². The summed E-state index contributed by atoms with van der Waals surface area (Å²) in [6.45, 7) is 0.798. The number of hydrogen-bond acceptors (Lipinski definition) is 3. The fourth-order valence-corrected chi connectivity index (χ4v) is 4.30. The van der Waals surface area contributed by atoms with Crippen molar-refractivity contribution >= 4 is 5.91 Å². The van der Waals surface area contributed by atoms with Crippen LogP contribution >= 0.6 is 0 Å². The Morgan fingerprint density at radius 2 is 1.72 bits per heavy atom. The first-order valence-corrected chi connectivity index (χ1v) is 9.21. The van der Waals surface area contributed by atoms with Crippen LogP contribution in [0.4, 0.5) is 0 Å². The smallest absolute Gasteiger partial charge is 0.274 e. The number of likely N-dealkylation sites (tertiary alicyclic amines) is 1. The number of carbonyl (C=O) groups is 1. The molecule has 0 spiro atoms. The maximum Gasteiger partial charge on any atom is 0.274 e. The highest BCUT2D eigenvalue weighted by atomic mass is 16.2. The normalized spacial score (nSPS) is 21.0. The van der Waals surface area contributed by atoms with Crippen molar-refractivity contribution in [1.29, 1.82) is 0 Å². The average molecular weight is 337 g/mol. The summed E-state index contributed by atoms with van der Waals surface area (Å²) in [6.07, 6.45) is 7.16. The molecular weight excluding hydrogens is 314 g/mol. The van der Waals surface area contributed by atoms with Crippen LogP contribution in [0.25, 0.3) is 5.69 Å². The molecular formula is C20H23N3O2. The van der Waals surface area contributed by atoms with Crippen molar-refractivity contribution in [3.8, 4) is 5.69 Å². The van der Waals surface area contributed by atoms with Crippen LogP contribution in [0.15, 0.2) is 47.3 Å². The number of hydrogen-bond donors (Lipinski definition) is 0. The minimum absolute atomic E-state index is 0.0425. The molecule has 1 aliphatic heterocycles. The van der Waals surface area contributed by atoms with E-state index in [9.17, 15) is 9.59 Å². The molecule has 0 bridgehead atoms. The van der Waals surface area contributed by atoms with Crippen LogP contribution < -0.4 is 5.56 Å². The van der Waals surface area contributed by atoms with Crippen molar-refractivity contribution in [2.24, 2.45) is 5.92 Å². The molecule has 5 heteroatoms. The Balaban J connectivity index is 1.63. The van der Waals surface area contributed by atoms with E-state index in [4.69, 9.17) is 0 Å². The predicted octanol–water partition coefficient (Wildman–Crippen LogP) is 3.03. The molecule has 5 nitrogen and oxygen atoms in total. The minimum atomic E-state index is -0.225. The van der Waals surface area contributed by atoms with E-state index in [0.717, 1.165) is 19.4 Å². The summed E-state index contributed by atoms with van der Waals surface area (Å²) >= 11 is 0. The molecule has 1 aromatic heterocycles. The highest BCUT2D eigenvalue weighted by Crippen LogP contribution is 2.35. The minimum Gasteiger partial charge on any atom is -0.334 e. The lowest BCUT2D eigenvalue weighted by atomic mass is 9.96. The van der Waals surface area contributed by atoms with Gasteiger partial charge in [-0.2, -0.15) is 9.78 Å². The summed E-state index contributed by atoms with van der Waals surface area (Å²) in [7, 11) is 0. The summed E-state index contributed by atoms with van der Waals surface area (Å²) in [4.78, 5) is 27.2. The van der Waals surface area contributed by atoms with Crippen LogP contribution in [0.2, 0.25) is 0 Å². The molecule has 130 valence electrons. The Morgan fingerprint density at radius 1 is 0.960 bits per heavy atom. The highest BCUT2D eigenvalue weighted by Gasteiger charge is 2.36. The number of aromatic nitrogens is 2. The van der Waals surface area contributed by atoms with E-state index in [1.54, 1.807) is 6.07 Å². The topological polar surface area (TPSA) is 55.2 Å². The predicted molar refractivity (Wildman–Crippen MR) is 95.9 cm³/mol. The molecule has 1 aliphatic carbocycles. The third-order valence-electron chi connectivity index (χ3n) is 5.52. The van der Waals surface area contributed by atoms with E-state index in [0.29, 0.717) is 23.3 Å². The van der Waals surface area contributed by atoms with Crippen LogP contribution in [0.5, 0.6) is 0 Å². The Labute approximate surface area is 147 Å². The number of carbonyl (C=O) groups excluding carboxylic acids is 1. The Kier molecular flexibility index (Phi) is 4.38. The van der Waals surface area contributed by atoms with Gasteiger partial charge in [-0.3, -0.25) is 9.59 Å². The van der Waals surface area contributed by atoms with Crippen LogP contribution in [-0.2, 0) is 0 Å². The lowest BCUT2D eigenvalue weighted by Gasteiger charge is -2.29. The monoisotopic (exact) mass is 337 g/mol. The third-order valence-corrected chi connectivity index (χ3v) is 5.52. The maximum atomic E-state index is 13.1. The van der Waals surface area contributed by atoms with Crippen molar-refractivity contribution in [3.05, 3.63) is 58.5 Å². The van der Waals surface area contributed by atoms with E-state index in [1.807, 2.05) is 35.2 Å². The molecule has 2 aromatic rings. The van der Waals surface area contributed by atoms with Crippen molar-refractivity contribution < 1.29 is 4.79 Å². The number of para-hydroxylation sites is 1. The van der Waals surface area contributed by atoms with E-state index >= 15 is 0 Å². The van der Waals surface area contributed by atoms with Gasteiger partial charge < -0.3 is 4.90 Å². The molecule has 2 heterocycles. The van der Waals surface area contributed by atoms with E-state index in [1.165, 1.54) is 36.4 Å². The molecule has 0 N–H and O–H groups in total.